The van der Waals surface area contributed by atoms with E-state index < -0.39 is 0 Å². The second kappa shape index (κ2) is 10.8. The van der Waals surface area contributed by atoms with Crippen LogP contribution in [0.25, 0.3) is 0 Å². The van der Waals surface area contributed by atoms with Gasteiger partial charge in [0.25, 0.3) is 0 Å². The lowest BCUT2D eigenvalue weighted by Crippen LogP contribution is -2.56. The Morgan fingerprint density at radius 1 is 1.03 bits per heavy atom. The lowest BCUT2D eigenvalue weighted by atomic mass is 9.93. The van der Waals surface area contributed by atoms with Gasteiger partial charge in [0.1, 0.15) is 5.82 Å². The molecule has 32 heavy (non-hydrogen) atoms. The molecule has 0 aromatic heterocycles. The van der Waals surface area contributed by atoms with Crippen LogP contribution < -0.4 is 5.32 Å². The van der Waals surface area contributed by atoms with Crippen LogP contribution >= 0.6 is 0 Å². The van der Waals surface area contributed by atoms with Crippen LogP contribution in [-0.2, 0) is 16.1 Å². The molecule has 2 aliphatic carbocycles. The fourth-order valence-corrected chi connectivity index (χ4v) is 4.91. The van der Waals surface area contributed by atoms with Crippen molar-refractivity contribution in [2.45, 2.75) is 76.5 Å². The summed E-state index contributed by atoms with van der Waals surface area (Å²) in [5.74, 6) is 0.0382. The third kappa shape index (κ3) is 6.29. The van der Waals surface area contributed by atoms with E-state index in [1.807, 2.05) is 11.8 Å². The number of halogens is 1. The van der Waals surface area contributed by atoms with E-state index in [-0.39, 0.29) is 29.7 Å². The largest absolute Gasteiger partial charge is 0.352 e. The molecule has 7 heteroatoms. The normalized spacial score (nSPS) is 21.8. The summed E-state index contributed by atoms with van der Waals surface area (Å²) >= 11 is 0. The topological polar surface area (TPSA) is 55.9 Å². The van der Waals surface area contributed by atoms with Crippen LogP contribution in [0.1, 0.15) is 57.4 Å². The summed E-state index contributed by atoms with van der Waals surface area (Å²) in [6.45, 7) is 6.12. The van der Waals surface area contributed by atoms with Crippen molar-refractivity contribution in [2.75, 3.05) is 32.7 Å². The van der Waals surface area contributed by atoms with Crippen LogP contribution in [0.2, 0.25) is 0 Å². The van der Waals surface area contributed by atoms with E-state index >= 15 is 0 Å². The summed E-state index contributed by atoms with van der Waals surface area (Å²) in [6, 6.07) is 7.04. The van der Waals surface area contributed by atoms with Gasteiger partial charge < -0.3 is 10.2 Å². The average molecular weight is 445 g/mol. The molecule has 1 aromatic carbocycles. The maximum Gasteiger partial charge on any atom is 0.237 e. The zero-order valence-corrected chi connectivity index (χ0v) is 19.3. The molecular weight excluding hydrogens is 407 g/mol. The smallest absolute Gasteiger partial charge is 0.237 e. The Kier molecular flexibility index (Phi) is 7.79. The van der Waals surface area contributed by atoms with Gasteiger partial charge in [-0.2, -0.15) is 0 Å². The Bertz CT molecular complexity index is 769. The molecule has 0 bridgehead atoms. The summed E-state index contributed by atoms with van der Waals surface area (Å²) in [5, 5.41) is 3.09. The number of amides is 2. The zero-order chi connectivity index (χ0) is 22.5. The maximum atomic E-state index is 13.4. The van der Waals surface area contributed by atoms with Crippen molar-refractivity contribution in [1.82, 2.24) is 20.0 Å². The molecule has 1 aliphatic heterocycles. The molecule has 1 unspecified atom stereocenters. The molecule has 2 saturated carbocycles. The van der Waals surface area contributed by atoms with Gasteiger partial charge in [-0.15, -0.1) is 0 Å². The Morgan fingerprint density at radius 3 is 2.31 bits per heavy atom. The standard InChI is InChI=1S/C25H37FN4O2/c1-19(25(32)27-22-11-12-22)29-15-13-28(14-16-29)18-24(31)30(23-5-3-2-4-6-23)17-20-7-9-21(26)10-8-20/h7-10,19,22-23H,2-6,11-18H2,1H3,(H,27,32). The third-order valence-electron chi connectivity index (χ3n) is 7.22. The van der Waals surface area contributed by atoms with Gasteiger partial charge in [0, 0.05) is 44.8 Å². The van der Waals surface area contributed by atoms with Crippen LogP contribution in [0.4, 0.5) is 4.39 Å². The molecule has 0 radical (unpaired) electrons. The predicted octanol–water partition coefficient (Wildman–Crippen LogP) is 2.77. The van der Waals surface area contributed by atoms with Gasteiger partial charge >= 0.3 is 0 Å². The van der Waals surface area contributed by atoms with E-state index in [4.69, 9.17) is 0 Å². The molecule has 6 nitrogen and oxygen atoms in total. The Labute approximate surface area is 191 Å². The molecule has 1 heterocycles. The predicted molar refractivity (Wildman–Crippen MR) is 122 cm³/mol. The number of hydrogen-bond donors (Lipinski definition) is 1. The Hall–Kier alpha value is -1.99. The molecule has 3 aliphatic rings. The summed E-state index contributed by atoms with van der Waals surface area (Å²) < 4.78 is 13.3. The first-order chi connectivity index (χ1) is 15.5. The molecule has 4 rings (SSSR count). The number of carbonyl (C=O) groups is 2. The van der Waals surface area contributed by atoms with Crippen molar-refractivity contribution in [2.24, 2.45) is 0 Å². The van der Waals surface area contributed by atoms with Crippen molar-refractivity contribution in [3.8, 4) is 0 Å². The van der Waals surface area contributed by atoms with Gasteiger partial charge in [-0.3, -0.25) is 19.4 Å². The van der Waals surface area contributed by atoms with Gasteiger partial charge in [0.05, 0.1) is 12.6 Å². The molecule has 176 valence electrons. The minimum Gasteiger partial charge on any atom is -0.352 e. The highest BCUT2D eigenvalue weighted by atomic mass is 19.1. The number of nitrogens with zero attached hydrogens (tertiary/aromatic N) is 3. The fourth-order valence-electron chi connectivity index (χ4n) is 4.91. The minimum atomic E-state index is -0.248. The summed E-state index contributed by atoms with van der Waals surface area (Å²) in [6.07, 6.45) is 7.87. The van der Waals surface area contributed by atoms with Crippen LogP contribution in [-0.4, -0.2) is 77.4 Å². The van der Waals surface area contributed by atoms with Crippen molar-refractivity contribution < 1.29 is 14.0 Å². The van der Waals surface area contributed by atoms with Gasteiger partial charge in [0.15, 0.2) is 0 Å². The van der Waals surface area contributed by atoms with Crippen LogP contribution in [0.5, 0.6) is 0 Å². The van der Waals surface area contributed by atoms with Gasteiger partial charge in [-0.25, -0.2) is 4.39 Å². The second-order valence-corrected chi connectivity index (χ2v) is 9.71. The average Bonchev–Trinajstić information content (AvgIpc) is 3.63. The quantitative estimate of drug-likeness (QED) is 0.670. The summed E-state index contributed by atoms with van der Waals surface area (Å²) in [4.78, 5) is 32.2. The molecule has 2 amide bonds. The molecule has 1 N–H and O–H groups in total. The monoisotopic (exact) mass is 444 g/mol. The number of benzene rings is 1. The molecule has 0 spiro atoms. The first-order valence-corrected chi connectivity index (χ1v) is 12.3. The number of hydrogen-bond acceptors (Lipinski definition) is 4. The van der Waals surface area contributed by atoms with Crippen LogP contribution in [0.3, 0.4) is 0 Å². The SMILES string of the molecule is CC(C(=O)NC1CC1)N1CCN(CC(=O)N(Cc2ccc(F)cc2)C2CCCCC2)CC1. The highest BCUT2D eigenvalue weighted by Gasteiger charge is 2.31. The van der Waals surface area contributed by atoms with E-state index in [2.05, 4.69) is 15.1 Å². The first-order valence-electron chi connectivity index (χ1n) is 12.3. The highest BCUT2D eigenvalue weighted by molar-refractivity contribution is 5.82. The Morgan fingerprint density at radius 2 is 1.69 bits per heavy atom. The van der Waals surface area contributed by atoms with E-state index in [1.54, 1.807) is 12.1 Å². The number of carbonyl (C=O) groups excluding carboxylic acids is 2. The summed E-state index contributed by atoms with van der Waals surface area (Å²) in [5.41, 5.74) is 0.977. The number of piperazine rings is 1. The molecule has 3 fully saturated rings. The van der Waals surface area contributed by atoms with E-state index in [1.165, 1.54) is 18.6 Å². The summed E-state index contributed by atoms with van der Waals surface area (Å²) in [7, 11) is 0. The van der Waals surface area contributed by atoms with Crippen molar-refractivity contribution in [3.63, 3.8) is 0 Å². The number of rotatable bonds is 8. The van der Waals surface area contributed by atoms with E-state index in [9.17, 15) is 14.0 Å². The van der Waals surface area contributed by atoms with Crippen LogP contribution in [0.15, 0.2) is 24.3 Å². The Balaban J connectivity index is 1.31. The van der Waals surface area contributed by atoms with E-state index in [0.717, 1.165) is 70.3 Å². The fraction of sp³-hybridized carbons (Fsp3) is 0.680. The van der Waals surface area contributed by atoms with Gasteiger partial charge in [-0.05, 0) is 50.3 Å². The number of nitrogens with one attached hydrogen (secondary N) is 1. The third-order valence-corrected chi connectivity index (χ3v) is 7.22. The molecule has 1 saturated heterocycles. The van der Waals surface area contributed by atoms with Gasteiger partial charge in [0.2, 0.25) is 11.8 Å². The maximum absolute atomic E-state index is 13.4. The lowest BCUT2D eigenvalue weighted by molar-refractivity contribution is -0.137. The highest BCUT2D eigenvalue weighted by Crippen LogP contribution is 2.25. The van der Waals surface area contributed by atoms with Crippen molar-refractivity contribution >= 4 is 11.8 Å². The molecule has 1 atom stereocenters. The first kappa shape index (κ1) is 23.2. The zero-order valence-electron chi connectivity index (χ0n) is 19.3. The van der Waals surface area contributed by atoms with Crippen molar-refractivity contribution in [1.29, 1.82) is 0 Å². The minimum absolute atomic E-state index is 0.120. The molecular formula is C25H37FN4O2. The van der Waals surface area contributed by atoms with Gasteiger partial charge in [-0.1, -0.05) is 31.4 Å². The molecule has 1 aromatic rings. The van der Waals surface area contributed by atoms with Crippen molar-refractivity contribution in [3.05, 3.63) is 35.6 Å². The van der Waals surface area contributed by atoms with Crippen LogP contribution in [0, 0.1) is 5.82 Å². The second-order valence-electron chi connectivity index (χ2n) is 9.71. The lowest BCUT2D eigenvalue weighted by Gasteiger charge is -2.39. The van der Waals surface area contributed by atoms with E-state index in [0.29, 0.717) is 19.1 Å².